The Morgan fingerprint density at radius 1 is 1.12 bits per heavy atom. The van der Waals surface area contributed by atoms with E-state index in [-0.39, 0.29) is 6.04 Å². The monoisotopic (exact) mass is 272 g/mol. The van der Waals surface area contributed by atoms with E-state index in [1.54, 1.807) is 0 Å². The molecular formula is C7H16NO6P2+. The summed E-state index contributed by atoms with van der Waals surface area (Å²) in [6.07, 6.45) is 4.09. The van der Waals surface area contributed by atoms with Crippen molar-refractivity contribution < 1.29 is 29.0 Å². The molecule has 1 aliphatic carbocycles. The van der Waals surface area contributed by atoms with Gasteiger partial charge < -0.3 is 9.79 Å². The molecule has 1 fully saturated rings. The van der Waals surface area contributed by atoms with Gasteiger partial charge in [-0.05, 0) is 12.8 Å². The molecule has 0 aliphatic heterocycles. The van der Waals surface area contributed by atoms with Crippen LogP contribution in [-0.2, 0) is 4.57 Å². The van der Waals surface area contributed by atoms with Crippen molar-refractivity contribution >= 4 is 20.7 Å². The minimum absolute atomic E-state index is 0.345. The van der Waals surface area contributed by atoms with Crippen molar-refractivity contribution in [3.63, 3.8) is 0 Å². The molecule has 1 rings (SSSR count). The summed E-state index contributed by atoms with van der Waals surface area (Å²) in [6.45, 7) is 0. The third kappa shape index (κ3) is 4.18. The predicted octanol–water partition coefficient (Wildman–Crippen LogP) is 0.592. The van der Waals surface area contributed by atoms with E-state index in [0.29, 0.717) is 12.8 Å². The van der Waals surface area contributed by atoms with Crippen molar-refractivity contribution in [2.75, 3.05) is 0 Å². The van der Waals surface area contributed by atoms with E-state index in [4.69, 9.17) is 24.5 Å². The average molecular weight is 272 g/mol. The van der Waals surface area contributed by atoms with Gasteiger partial charge >= 0.3 is 20.7 Å². The summed E-state index contributed by atoms with van der Waals surface area (Å²) in [5, 5.41) is -1.16. The fraction of sp³-hybridized carbons (Fsp3) is 0.857. The Morgan fingerprint density at radius 2 is 1.62 bits per heavy atom. The number of nitrogens with zero attached hydrogens (tertiary/aromatic N) is 1. The lowest BCUT2D eigenvalue weighted by Gasteiger charge is -2.18. The summed E-state index contributed by atoms with van der Waals surface area (Å²) in [5.41, 5.74) is 0. The van der Waals surface area contributed by atoms with Crippen LogP contribution < -0.4 is 0 Å². The zero-order valence-corrected chi connectivity index (χ0v) is 10.4. The van der Waals surface area contributed by atoms with Crippen LogP contribution in [0.15, 0.2) is 4.99 Å². The van der Waals surface area contributed by atoms with Gasteiger partial charge in [-0.15, -0.1) is 0 Å². The third-order valence-electron chi connectivity index (χ3n) is 2.40. The van der Waals surface area contributed by atoms with Gasteiger partial charge in [0.05, 0.1) is 6.04 Å². The Morgan fingerprint density at radius 3 is 2.00 bits per heavy atom. The van der Waals surface area contributed by atoms with Gasteiger partial charge in [0.15, 0.2) is 0 Å². The fourth-order valence-corrected chi connectivity index (χ4v) is 3.73. The summed E-state index contributed by atoms with van der Waals surface area (Å²) >= 11 is 0. The standard InChI is InChI=1S/C7H15NO6P2/c9-15(10,11)7(16(12,13)14)8-6-4-2-1-3-5-6/h6,9-11H,1-5H2,(H-,12,13,14)/p+1. The molecule has 0 unspecified atom stereocenters. The number of hydrogen-bond donors (Lipinski definition) is 5. The van der Waals surface area contributed by atoms with E-state index >= 15 is 0 Å². The van der Waals surface area contributed by atoms with Crippen molar-refractivity contribution in [2.24, 2.45) is 4.99 Å². The maximum atomic E-state index is 11.0. The van der Waals surface area contributed by atoms with Crippen molar-refractivity contribution in [3.8, 4) is 0 Å². The van der Waals surface area contributed by atoms with Gasteiger partial charge in [-0.3, -0.25) is 0 Å². The van der Waals surface area contributed by atoms with Crippen LogP contribution in [0.25, 0.3) is 0 Å². The van der Waals surface area contributed by atoms with Crippen LogP contribution in [0.2, 0.25) is 0 Å². The Kier molecular flexibility index (Phi) is 4.60. The molecule has 94 valence electrons. The maximum absolute atomic E-state index is 11.0. The molecule has 0 aromatic heterocycles. The first-order valence-corrected chi connectivity index (χ1v) is 8.19. The number of aliphatic imine (C=N–C) groups is 1. The molecule has 0 aromatic rings. The first-order chi connectivity index (χ1) is 7.21. The summed E-state index contributed by atoms with van der Waals surface area (Å²) in [6, 6.07) is -0.345. The normalized spacial score (nSPS) is 21.2. The number of hydrogen-bond acceptors (Lipinski definition) is 5. The average Bonchev–Trinajstić information content (AvgIpc) is 2.12. The third-order valence-corrected chi connectivity index (χ3v) is 5.28. The van der Waals surface area contributed by atoms with Crippen molar-refractivity contribution in [1.82, 2.24) is 0 Å². The molecule has 1 aliphatic rings. The summed E-state index contributed by atoms with van der Waals surface area (Å²) in [5.74, 6) is 0. The molecule has 0 saturated heterocycles. The fourth-order valence-electron chi connectivity index (χ4n) is 1.70. The summed E-state index contributed by atoms with van der Waals surface area (Å²) < 4.78 is 11.0. The molecule has 0 bridgehead atoms. The zero-order chi connectivity index (χ0) is 12.4. The lowest BCUT2D eigenvalue weighted by Crippen LogP contribution is -2.15. The number of rotatable bonds is 3. The van der Waals surface area contributed by atoms with Crippen molar-refractivity contribution in [3.05, 3.63) is 0 Å². The van der Waals surface area contributed by atoms with Crippen LogP contribution in [0.1, 0.15) is 32.1 Å². The molecule has 16 heavy (non-hydrogen) atoms. The summed E-state index contributed by atoms with van der Waals surface area (Å²) in [7, 11) is -9.64. The topological polar surface area (TPSA) is 131 Å². The van der Waals surface area contributed by atoms with Crippen LogP contribution in [0, 0.1) is 0 Å². The largest absolute Gasteiger partial charge is 0.469 e. The highest BCUT2D eigenvalue weighted by atomic mass is 31.3. The van der Waals surface area contributed by atoms with E-state index in [9.17, 15) is 4.57 Å². The van der Waals surface area contributed by atoms with E-state index in [2.05, 4.69) is 4.99 Å². The molecule has 0 heterocycles. The minimum Gasteiger partial charge on any atom is -0.317 e. The maximum Gasteiger partial charge on any atom is 0.469 e. The summed E-state index contributed by atoms with van der Waals surface area (Å²) in [4.78, 5) is 48.2. The molecule has 0 atom stereocenters. The lowest BCUT2D eigenvalue weighted by atomic mass is 9.96. The molecule has 5 N–H and O–H groups in total. The van der Waals surface area contributed by atoms with Gasteiger partial charge in [0.2, 0.25) is 0 Å². The van der Waals surface area contributed by atoms with Crippen molar-refractivity contribution in [2.45, 2.75) is 38.1 Å². The lowest BCUT2D eigenvalue weighted by molar-refractivity contribution is 0.347. The first-order valence-electron chi connectivity index (χ1n) is 4.93. The Balaban J connectivity index is 2.92. The molecular weight excluding hydrogens is 256 g/mol. The molecule has 0 amide bonds. The minimum atomic E-state index is -4.91. The van der Waals surface area contributed by atoms with Crippen LogP contribution in [0.4, 0.5) is 0 Å². The molecule has 1 saturated carbocycles. The zero-order valence-electron chi connectivity index (χ0n) is 8.60. The predicted molar refractivity (Wildman–Crippen MR) is 59.9 cm³/mol. The highest BCUT2D eigenvalue weighted by Crippen LogP contribution is 2.60. The highest BCUT2D eigenvalue weighted by Gasteiger charge is 2.52. The van der Waals surface area contributed by atoms with Gasteiger partial charge in [-0.25, -0.2) is 9.56 Å². The van der Waals surface area contributed by atoms with E-state index in [0.717, 1.165) is 19.3 Å². The van der Waals surface area contributed by atoms with Crippen LogP contribution in [0.3, 0.4) is 0 Å². The highest BCUT2D eigenvalue weighted by molar-refractivity contribution is 8.00. The SMILES string of the molecule is O=P(O)(O)C(=NC1CCCCC1)[P+](O)(O)O. The van der Waals surface area contributed by atoms with E-state index in [1.165, 1.54) is 0 Å². The molecule has 0 radical (unpaired) electrons. The van der Waals surface area contributed by atoms with Gasteiger partial charge in [-0.2, -0.15) is 14.7 Å². The van der Waals surface area contributed by atoms with E-state index in [1.807, 2.05) is 0 Å². The van der Waals surface area contributed by atoms with Crippen LogP contribution >= 0.6 is 15.5 Å². The molecule has 9 heteroatoms. The molecule has 0 spiro atoms. The Hall–Kier alpha value is 0.130. The van der Waals surface area contributed by atoms with Gasteiger partial charge in [0, 0.05) is 0 Å². The van der Waals surface area contributed by atoms with Gasteiger partial charge in [-0.1, -0.05) is 19.3 Å². The Labute approximate surface area is 93.6 Å². The quantitative estimate of drug-likeness (QED) is 0.377. The van der Waals surface area contributed by atoms with Crippen molar-refractivity contribution in [1.29, 1.82) is 0 Å². The second kappa shape index (κ2) is 5.19. The Bertz CT molecular complexity index is 313. The van der Waals surface area contributed by atoms with Crippen LogP contribution in [0.5, 0.6) is 0 Å². The van der Waals surface area contributed by atoms with Gasteiger partial charge in [0.25, 0.3) is 0 Å². The smallest absolute Gasteiger partial charge is 0.317 e. The second-order valence-corrected chi connectivity index (χ2v) is 7.26. The van der Waals surface area contributed by atoms with Gasteiger partial charge in [0.1, 0.15) is 0 Å². The molecule has 7 nitrogen and oxygen atoms in total. The first kappa shape index (κ1) is 14.2. The van der Waals surface area contributed by atoms with Crippen LogP contribution in [-0.4, -0.2) is 35.7 Å². The molecule has 0 aromatic carbocycles. The van der Waals surface area contributed by atoms with E-state index < -0.39 is 20.7 Å². The second-order valence-electron chi connectivity index (χ2n) is 3.83.